The maximum absolute atomic E-state index is 13.1. The Balaban J connectivity index is 1.94. The summed E-state index contributed by atoms with van der Waals surface area (Å²) in [5, 5.41) is 0.650. The minimum absolute atomic E-state index is 0.0306. The molecular weight excluding hydrogens is 322 g/mol. The molecule has 24 heavy (non-hydrogen) atoms. The molecule has 0 unspecified atom stereocenters. The van der Waals surface area contributed by atoms with Gasteiger partial charge in [0.15, 0.2) is 0 Å². The van der Waals surface area contributed by atoms with Gasteiger partial charge in [0.05, 0.1) is 5.39 Å². The van der Waals surface area contributed by atoms with E-state index in [1.807, 2.05) is 19.1 Å². The van der Waals surface area contributed by atoms with Crippen LogP contribution in [0.15, 0.2) is 34.1 Å². The third-order valence-electron chi connectivity index (χ3n) is 4.90. The first-order valence-corrected chi connectivity index (χ1v) is 9.17. The van der Waals surface area contributed by atoms with Gasteiger partial charge in [-0.2, -0.15) is 0 Å². The van der Waals surface area contributed by atoms with E-state index < -0.39 is 0 Å². The molecule has 4 rings (SSSR count). The third-order valence-corrected chi connectivity index (χ3v) is 6.16. The number of fused-ring (bicyclic) bond motifs is 1. The predicted octanol–water partition coefficient (Wildman–Crippen LogP) is 3.63. The Labute approximate surface area is 143 Å². The summed E-state index contributed by atoms with van der Waals surface area (Å²) in [5.74, 6) is 0. The van der Waals surface area contributed by atoms with E-state index in [9.17, 15) is 9.59 Å². The summed E-state index contributed by atoms with van der Waals surface area (Å²) in [7, 11) is 0. The molecule has 1 saturated carbocycles. The van der Waals surface area contributed by atoms with Crippen molar-refractivity contribution in [3.05, 3.63) is 50.9 Å². The normalized spacial score (nSPS) is 15.9. The van der Waals surface area contributed by atoms with Crippen LogP contribution in [0.3, 0.4) is 0 Å². The van der Waals surface area contributed by atoms with Gasteiger partial charge < -0.3 is 0 Å². The molecule has 0 amide bonds. The summed E-state index contributed by atoms with van der Waals surface area (Å²) in [6.45, 7) is 1.96. The molecule has 6 heteroatoms. The fourth-order valence-corrected chi connectivity index (χ4v) is 4.87. The Morgan fingerprint density at radius 3 is 2.58 bits per heavy atom. The third kappa shape index (κ3) is 2.41. The van der Waals surface area contributed by atoms with Crippen molar-refractivity contribution in [1.82, 2.24) is 14.5 Å². The van der Waals surface area contributed by atoms with Crippen molar-refractivity contribution in [3.8, 4) is 10.4 Å². The molecule has 0 aromatic carbocycles. The van der Waals surface area contributed by atoms with E-state index in [0.717, 1.165) is 41.7 Å². The van der Waals surface area contributed by atoms with Crippen molar-refractivity contribution in [2.75, 3.05) is 0 Å². The lowest BCUT2D eigenvalue weighted by Crippen LogP contribution is -2.38. The van der Waals surface area contributed by atoms with E-state index >= 15 is 0 Å². The van der Waals surface area contributed by atoms with Gasteiger partial charge in [0.25, 0.3) is 5.56 Å². The van der Waals surface area contributed by atoms with Crippen molar-refractivity contribution in [2.45, 2.75) is 45.1 Å². The highest BCUT2D eigenvalue weighted by Crippen LogP contribution is 2.35. The maximum atomic E-state index is 13.1. The van der Waals surface area contributed by atoms with E-state index in [0.29, 0.717) is 10.2 Å². The van der Waals surface area contributed by atoms with Gasteiger partial charge in [-0.05, 0) is 43.0 Å². The average Bonchev–Trinajstić information content (AvgIpc) is 2.93. The highest BCUT2D eigenvalue weighted by atomic mass is 32.1. The number of pyridine rings is 1. The SMILES string of the molecule is Cc1c(-c2ccncc2)sc2[nH]c(=O)n(C3CCCCC3)c(=O)c12. The standard InChI is InChI=1S/C18H19N3O2S/c1-11-14-16(24-15(11)12-7-9-19-10-8-12)20-18(23)21(17(14)22)13-5-3-2-4-6-13/h7-10,13H,2-6H2,1H3,(H,20,23). The first-order chi connectivity index (χ1) is 11.7. The quantitative estimate of drug-likeness (QED) is 0.774. The molecule has 0 bridgehead atoms. The zero-order valence-electron chi connectivity index (χ0n) is 13.5. The Hall–Kier alpha value is -2.21. The Kier molecular flexibility index (Phi) is 3.84. The Bertz CT molecular complexity index is 995. The number of thiophene rings is 1. The fourth-order valence-electron chi connectivity index (χ4n) is 3.68. The van der Waals surface area contributed by atoms with Crippen LogP contribution in [-0.4, -0.2) is 14.5 Å². The van der Waals surface area contributed by atoms with Gasteiger partial charge in [-0.1, -0.05) is 19.3 Å². The molecule has 0 aliphatic heterocycles. The molecule has 1 N–H and O–H groups in total. The van der Waals surface area contributed by atoms with Crippen LogP contribution in [0.5, 0.6) is 0 Å². The minimum atomic E-state index is -0.276. The molecule has 3 aromatic rings. The zero-order valence-corrected chi connectivity index (χ0v) is 14.4. The Morgan fingerprint density at radius 1 is 1.17 bits per heavy atom. The van der Waals surface area contributed by atoms with Gasteiger partial charge in [-0.25, -0.2) is 4.79 Å². The average molecular weight is 341 g/mol. The summed E-state index contributed by atoms with van der Waals surface area (Å²) in [5.41, 5.74) is 1.54. The molecule has 1 aliphatic carbocycles. The molecule has 0 radical (unpaired) electrons. The van der Waals surface area contributed by atoms with Crippen molar-refractivity contribution in [3.63, 3.8) is 0 Å². The smallest absolute Gasteiger partial charge is 0.298 e. The lowest BCUT2D eigenvalue weighted by atomic mass is 9.95. The van der Waals surface area contributed by atoms with Crippen LogP contribution in [0, 0.1) is 6.92 Å². The molecule has 0 spiro atoms. The number of aryl methyl sites for hydroxylation is 1. The van der Waals surface area contributed by atoms with Crippen molar-refractivity contribution < 1.29 is 0 Å². The summed E-state index contributed by atoms with van der Waals surface area (Å²) in [6.07, 6.45) is 8.65. The van der Waals surface area contributed by atoms with Crippen molar-refractivity contribution in [2.24, 2.45) is 0 Å². The molecule has 0 atom stereocenters. The monoisotopic (exact) mass is 341 g/mol. The van der Waals surface area contributed by atoms with E-state index in [2.05, 4.69) is 9.97 Å². The lowest BCUT2D eigenvalue weighted by molar-refractivity contribution is 0.338. The number of nitrogens with zero attached hydrogens (tertiary/aromatic N) is 2. The minimum Gasteiger partial charge on any atom is -0.298 e. The fraction of sp³-hybridized carbons (Fsp3) is 0.389. The first kappa shape index (κ1) is 15.3. The summed E-state index contributed by atoms with van der Waals surface area (Å²) in [6, 6.07) is 3.88. The van der Waals surface area contributed by atoms with Crippen LogP contribution in [0.1, 0.15) is 43.7 Å². The summed E-state index contributed by atoms with van der Waals surface area (Å²) in [4.78, 5) is 34.2. The second kappa shape index (κ2) is 6.02. The number of nitrogens with one attached hydrogen (secondary N) is 1. The van der Waals surface area contributed by atoms with Crippen LogP contribution in [0.2, 0.25) is 0 Å². The molecule has 1 aliphatic rings. The Morgan fingerprint density at radius 2 is 1.88 bits per heavy atom. The molecule has 3 aromatic heterocycles. The van der Waals surface area contributed by atoms with E-state index in [1.54, 1.807) is 12.4 Å². The number of H-pyrrole nitrogens is 1. The van der Waals surface area contributed by atoms with Crippen LogP contribution in [0.4, 0.5) is 0 Å². The molecule has 124 valence electrons. The lowest BCUT2D eigenvalue weighted by Gasteiger charge is -2.22. The van der Waals surface area contributed by atoms with Crippen LogP contribution in [-0.2, 0) is 0 Å². The van der Waals surface area contributed by atoms with Gasteiger partial charge >= 0.3 is 5.69 Å². The van der Waals surface area contributed by atoms with E-state index in [1.165, 1.54) is 22.3 Å². The second-order valence-electron chi connectivity index (χ2n) is 6.39. The van der Waals surface area contributed by atoms with Gasteiger partial charge in [0.2, 0.25) is 0 Å². The highest BCUT2D eigenvalue weighted by Gasteiger charge is 2.22. The number of aromatic nitrogens is 3. The van der Waals surface area contributed by atoms with Gasteiger partial charge in [-0.3, -0.25) is 19.3 Å². The molecule has 1 fully saturated rings. The van der Waals surface area contributed by atoms with Crippen LogP contribution >= 0.6 is 11.3 Å². The number of aromatic amines is 1. The number of hydrogen-bond acceptors (Lipinski definition) is 4. The molecular formula is C18H19N3O2S. The summed E-state index contributed by atoms with van der Waals surface area (Å²) < 4.78 is 1.46. The predicted molar refractivity (Wildman–Crippen MR) is 96.8 cm³/mol. The first-order valence-electron chi connectivity index (χ1n) is 8.35. The largest absolute Gasteiger partial charge is 0.329 e. The maximum Gasteiger partial charge on any atom is 0.329 e. The van der Waals surface area contributed by atoms with Crippen molar-refractivity contribution >= 4 is 21.6 Å². The second-order valence-corrected chi connectivity index (χ2v) is 7.41. The highest BCUT2D eigenvalue weighted by molar-refractivity contribution is 7.22. The van der Waals surface area contributed by atoms with E-state index in [-0.39, 0.29) is 17.3 Å². The van der Waals surface area contributed by atoms with Crippen molar-refractivity contribution in [1.29, 1.82) is 0 Å². The van der Waals surface area contributed by atoms with Gasteiger partial charge in [0, 0.05) is 23.3 Å². The molecule has 0 saturated heterocycles. The zero-order chi connectivity index (χ0) is 16.7. The molecule has 5 nitrogen and oxygen atoms in total. The number of hydrogen-bond donors (Lipinski definition) is 1. The van der Waals surface area contributed by atoms with E-state index in [4.69, 9.17) is 0 Å². The number of rotatable bonds is 2. The topological polar surface area (TPSA) is 67.8 Å². The van der Waals surface area contributed by atoms with Crippen LogP contribution in [0.25, 0.3) is 20.7 Å². The summed E-state index contributed by atoms with van der Waals surface area (Å²) >= 11 is 1.46. The van der Waals surface area contributed by atoms with Gasteiger partial charge in [-0.15, -0.1) is 11.3 Å². The molecule has 3 heterocycles. The van der Waals surface area contributed by atoms with Crippen LogP contribution < -0.4 is 11.2 Å². The van der Waals surface area contributed by atoms with Gasteiger partial charge in [0.1, 0.15) is 4.83 Å².